The minimum Gasteiger partial charge on any atom is -0.506 e. The lowest BCUT2D eigenvalue weighted by atomic mass is 10.1. The number of nitrogens with one attached hydrogen (secondary N) is 1. The van der Waals surface area contributed by atoms with Crippen LogP contribution in [0.4, 0.5) is 5.69 Å². The third-order valence-electron chi connectivity index (χ3n) is 2.31. The number of methoxy groups -OCH3 is 1. The number of rotatable bonds is 4. The number of anilines is 1. The van der Waals surface area contributed by atoms with E-state index in [1.54, 1.807) is 25.1 Å². The Morgan fingerprint density at radius 2 is 2.06 bits per heavy atom. The normalized spacial score (nSPS) is 11.6. The van der Waals surface area contributed by atoms with E-state index in [1.165, 1.54) is 13.2 Å². The molecule has 17 heavy (non-hydrogen) atoms. The van der Waals surface area contributed by atoms with Crippen LogP contribution in [-0.2, 0) is 14.3 Å². The van der Waals surface area contributed by atoms with Crippen molar-refractivity contribution in [1.29, 1.82) is 0 Å². The first kappa shape index (κ1) is 13.0. The van der Waals surface area contributed by atoms with Crippen LogP contribution in [0.2, 0.25) is 0 Å². The molecule has 2 N–H and O–H groups in total. The van der Waals surface area contributed by atoms with E-state index in [2.05, 4.69) is 10.1 Å². The SMILES string of the molecule is COC(=O)CC(C)C(=O)Nc1ccccc1O. The molecule has 1 aromatic carbocycles. The second kappa shape index (κ2) is 5.89. The molecule has 0 saturated heterocycles. The van der Waals surface area contributed by atoms with Crippen molar-refractivity contribution in [2.45, 2.75) is 13.3 Å². The van der Waals surface area contributed by atoms with Crippen LogP contribution in [0.3, 0.4) is 0 Å². The summed E-state index contributed by atoms with van der Waals surface area (Å²) in [5.41, 5.74) is 0.328. The van der Waals surface area contributed by atoms with Crippen molar-refractivity contribution in [1.82, 2.24) is 0 Å². The van der Waals surface area contributed by atoms with Crippen LogP contribution >= 0.6 is 0 Å². The van der Waals surface area contributed by atoms with Gasteiger partial charge in [-0.25, -0.2) is 0 Å². The van der Waals surface area contributed by atoms with E-state index in [4.69, 9.17) is 0 Å². The van der Waals surface area contributed by atoms with Crippen LogP contribution in [0.15, 0.2) is 24.3 Å². The molecule has 1 atom stereocenters. The number of hydrogen-bond acceptors (Lipinski definition) is 4. The second-order valence-electron chi connectivity index (χ2n) is 3.69. The van der Waals surface area contributed by atoms with Gasteiger partial charge in [-0.05, 0) is 12.1 Å². The summed E-state index contributed by atoms with van der Waals surface area (Å²) < 4.78 is 4.48. The van der Waals surface area contributed by atoms with Gasteiger partial charge >= 0.3 is 5.97 Å². The fraction of sp³-hybridized carbons (Fsp3) is 0.333. The molecule has 0 aliphatic heterocycles. The van der Waals surface area contributed by atoms with Crippen LogP contribution in [0.1, 0.15) is 13.3 Å². The number of phenols is 1. The van der Waals surface area contributed by atoms with Gasteiger partial charge in [0.1, 0.15) is 5.75 Å². The molecular weight excluding hydrogens is 222 g/mol. The summed E-state index contributed by atoms with van der Waals surface area (Å²) in [7, 11) is 1.27. The summed E-state index contributed by atoms with van der Waals surface area (Å²) in [6.07, 6.45) is 0.00985. The molecule has 5 heteroatoms. The van der Waals surface area contributed by atoms with Gasteiger partial charge < -0.3 is 15.2 Å². The van der Waals surface area contributed by atoms with Crippen LogP contribution in [0.5, 0.6) is 5.75 Å². The lowest BCUT2D eigenvalue weighted by Crippen LogP contribution is -2.23. The number of ether oxygens (including phenoxy) is 1. The maximum absolute atomic E-state index is 11.7. The van der Waals surface area contributed by atoms with E-state index in [0.717, 1.165) is 0 Å². The summed E-state index contributed by atoms with van der Waals surface area (Å²) in [5, 5.41) is 12.0. The lowest BCUT2D eigenvalue weighted by Gasteiger charge is -2.11. The average molecular weight is 237 g/mol. The zero-order valence-electron chi connectivity index (χ0n) is 9.77. The van der Waals surface area contributed by atoms with Crippen molar-refractivity contribution in [2.24, 2.45) is 5.92 Å². The molecule has 0 aliphatic carbocycles. The van der Waals surface area contributed by atoms with Gasteiger partial charge in [0.05, 0.1) is 19.2 Å². The summed E-state index contributed by atoms with van der Waals surface area (Å²) in [6, 6.07) is 6.40. The van der Waals surface area contributed by atoms with E-state index in [-0.39, 0.29) is 18.1 Å². The van der Waals surface area contributed by atoms with Crippen molar-refractivity contribution in [3.63, 3.8) is 0 Å². The van der Waals surface area contributed by atoms with Crippen molar-refractivity contribution >= 4 is 17.6 Å². The topological polar surface area (TPSA) is 75.6 Å². The zero-order chi connectivity index (χ0) is 12.8. The number of carbonyl (C=O) groups is 2. The first-order chi connectivity index (χ1) is 8.04. The molecule has 5 nitrogen and oxygen atoms in total. The Morgan fingerprint density at radius 3 is 2.65 bits per heavy atom. The highest BCUT2D eigenvalue weighted by atomic mass is 16.5. The van der Waals surface area contributed by atoms with Gasteiger partial charge in [0.2, 0.25) is 5.91 Å². The Kier molecular flexibility index (Phi) is 4.51. The molecule has 0 aliphatic rings. The van der Waals surface area contributed by atoms with Gasteiger partial charge in [0, 0.05) is 5.92 Å². The van der Waals surface area contributed by atoms with E-state index in [1.807, 2.05) is 0 Å². The maximum atomic E-state index is 11.7. The predicted molar refractivity (Wildman–Crippen MR) is 62.5 cm³/mol. The summed E-state index contributed by atoms with van der Waals surface area (Å²) >= 11 is 0. The summed E-state index contributed by atoms with van der Waals surface area (Å²) in [5.74, 6) is -1.30. The molecular formula is C12H15NO4. The first-order valence-electron chi connectivity index (χ1n) is 5.20. The molecule has 0 aromatic heterocycles. The number of para-hydroxylation sites is 2. The van der Waals surface area contributed by atoms with E-state index in [9.17, 15) is 14.7 Å². The van der Waals surface area contributed by atoms with Crippen molar-refractivity contribution in [2.75, 3.05) is 12.4 Å². The predicted octanol–water partition coefficient (Wildman–Crippen LogP) is 1.53. The molecule has 1 aromatic rings. The number of benzene rings is 1. The lowest BCUT2D eigenvalue weighted by molar-refractivity contribution is -0.143. The van der Waals surface area contributed by atoms with Crippen molar-refractivity contribution < 1.29 is 19.4 Å². The van der Waals surface area contributed by atoms with Gasteiger partial charge in [0.25, 0.3) is 0 Å². The van der Waals surface area contributed by atoms with E-state index < -0.39 is 11.9 Å². The number of carbonyl (C=O) groups excluding carboxylic acids is 2. The standard InChI is InChI=1S/C12H15NO4/c1-8(7-11(15)17-2)12(16)13-9-5-3-4-6-10(9)14/h3-6,8,14H,7H2,1-2H3,(H,13,16). The minimum atomic E-state index is -0.512. The maximum Gasteiger partial charge on any atom is 0.306 e. The van der Waals surface area contributed by atoms with Gasteiger partial charge in [-0.3, -0.25) is 9.59 Å². The summed E-state index contributed by atoms with van der Waals surface area (Å²) in [4.78, 5) is 22.7. The molecule has 0 heterocycles. The molecule has 0 bridgehead atoms. The summed E-state index contributed by atoms with van der Waals surface area (Å²) in [6.45, 7) is 1.62. The third-order valence-corrected chi connectivity index (χ3v) is 2.31. The molecule has 1 rings (SSSR count). The Hall–Kier alpha value is -2.04. The molecule has 1 unspecified atom stereocenters. The van der Waals surface area contributed by atoms with Gasteiger partial charge in [-0.15, -0.1) is 0 Å². The third kappa shape index (κ3) is 3.79. The van der Waals surface area contributed by atoms with Crippen LogP contribution < -0.4 is 5.32 Å². The molecule has 0 saturated carbocycles. The number of phenolic OH excluding ortho intramolecular Hbond substituents is 1. The quantitative estimate of drug-likeness (QED) is 0.615. The minimum absolute atomic E-state index is 0.00822. The van der Waals surface area contributed by atoms with Gasteiger partial charge in [0.15, 0.2) is 0 Å². The fourth-order valence-electron chi connectivity index (χ4n) is 1.26. The second-order valence-corrected chi connectivity index (χ2v) is 3.69. The number of esters is 1. The molecule has 1 amide bonds. The largest absolute Gasteiger partial charge is 0.506 e. The van der Waals surface area contributed by atoms with Crippen LogP contribution in [0, 0.1) is 5.92 Å². The highest BCUT2D eigenvalue weighted by molar-refractivity contribution is 5.95. The Labute approximate surface area is 99.4 Å². The van der Waals surface area contributed by atoms with Crippen LogP contribution in [-0.4, -0.2) is 24.1 Å². The zero-order valence-corrected chi connectivity index (χ0v) is 9.77. The van der Waals surface area contributed by atoms with E-state index in [0.29, 0.717) is 5.69 Å². The Balaban J connectivity index is 2.60. The highest BCUT2D eigenvalue weighted by Gasteiger charge is 2.18. The van der Waals surface area contributed by atoms with Crippen molar-refractivity contribution in [3.8, 4) is 5.75 Å². The first-order valence-corrected chi connectivity index (χ1v) is 5.20. The Morgan fingerprint density at radius 1 is 1.41 bits per heavy atom. The number of aromatic hydroxyl groups is 1. The van der Waals surface area contributed by atoms with Gasteiger partial charge in [-0.2, -0.15) is 0 Å². The van der Waals surface area contributed by atoms with E-state index >= 15 is 0 Å². The molecule has 92 valence electrons. The smallest absolute Gasteiger partial charge is 0.306 e. The van der Waals surface area contributed by atoms with Gasteiger partial charge in [-0.1, -0.05) is 19.1 Å². The van der Waals surface area contributed by atoms with Crippen molar-refractivity contribution in [3.05, 3.63) is 24.3 Å². The van der Waals surface area contributed by atoms with Crippen LogP contribution in [0.25, 0.3) is 0 Å². The molecule has 0 radical (unpaired) electrons. The highest BCUT2D eigenvalue weighted by Crippen LogP contribution is 2.22. The fourth-order valence-corrected chi connectivity index (χ4v) is 1.26. The molecule has 0 spiro atoms. The Bertz CT molecular complexity index is 417. The monoisotopic (exact) mass is 237 g/mol. The number of amides is 1. The molecule has 0 fully saturated rings. The average Bonchev–Trinajstić information content (AvgIpc) is 2.31. The number of hydrogen-bond donors (Lipinski definition) is 2.